The number of ether oxygens (including phenoxy) is 1. The minimum absolute atomic E-state index is 0.0779. The molecule has 5 N–H and O–H groups in total. The zero-order valence-electron chi connectivity index (χ0n) is 12.6. The zero-order chi connectivity index (χ0) is 17.9. The zero-order valence-corrected chi connectivity index (χ0v) is 12.6. The van der Waals surface area contributed by atoms with E-state index in [-0.39, 0.29) is 5.75 Å². The van der Waals surface area contributed by atoms with Crippen LogP contribution in [0.25, 0.3) is 6.08 Å². The molecule has 24 heavy (non-hydrogen) atoms. The molecule has 2 rings (SSSR count). The molecule has 0 aliphatic heterocycles. The predicted molar refractivity (Wildman–Crippen MR) is 80.9 cm³/mol. The third-order valence-electron chi connectivity index (χ3n) is 3.81. The lowest BCUT2D eigenvalue weighted by molar-refractivity contribution is -0.196. The van der Waals surface area contributed by atoms with Gasteiger partial charge in [0.05, 0.1) is 12.2 Å². The lowest BCUT2D eigenvalue weighted by Gasteiger charge is -2.39. The third kappa shape index (κ3) is 4.10. The van der Waals surface area contributed by atoms with Gasteiger partial charge in [-0.1, -0.05) is 12.1 Å². The molecular formula is C16H18O8. The molecule has 0 bridgehead atoms. The first kappa shape index (κ1) is 17.9. The summed E-state index contributed by atoms with van der Waals surface area (Å²) in [6.45, 7) is 0. The van der Waals surface area contributed by atoms with E-state index in [1.807, 2.05) is 0 Å². The first-order chi connectivity index (χ1) is 11.2. The predicted octanol–water partition coefficient (Wildman–Crippen LogP) is -0.352. The van der Waals surface area contributed by atoms with Gasteiger partial charge in [0.15, 0.2) is 11.7 Å². The molecule has 1 saturated carbocycles. The molecule has 1 fully saturated rings. The monoisotopic (exact) mass is 338 g/mol. The number of aromatic hydroxyl groups is 1. The Hall–Kier alpha value is -2.42. The molecule has 8 heteroatoms. The van der Waals surface area contributed by atoms with Crippen LogP contribution >= 0.6 is 0 Å². The topological polar surface area (TPSA) is 145 Å². The molecule has 1 aromatic rings. The summed E-state index contributed by atoms with van der Waals surface area (Å²) in [5.41, 5.74) is -1.64. The quantitative estimate of drug-likeness (QED) is 0.370. The van der Waals surface area contributed by atoms with Crippen molar-refractivity contribution in [3.05, 3.63) is 35.9 Å². The van der Waals surface area contributed by atoms with Gasteiger partial charge in [-0.3, -0.25) is 0 Å². The Bertz CT molecular complexity index is 624. The lowest BCUT2D eigenvalue weighted by Crippen LogP contribution is -2.57. The van der Waals surface area contributed by atoms with Gasteiger partial charge in [-0.15, -0.1) is 0 Å². The first-order valence-electron chi connectivity index (χ1n) is 7.21. The van der Waals surface area contributed by atoms with Crippen LogP contribution in [0.15, 0.2) is 30.3 Å². The number of rotatable bonds is 4. The van der Waals surface area contributed by atoms with E-state index in [9.17, 15) is 24.9 Å². The first-order valence-corrected chi connectivity index (χ1v) is 7.21. The van der Waals surface area contributed by atoms with E-state index in [0.717, 1.165) is 6.08 Å². The van der Waals surface area contributed by atoms with E-state index in [4.69, 9.17) is 14.9 Å². The largest absolute Gasteiger partial charge is 0.508 e. The van der Waals surface area contributed by atoms with Crippen LogP contribution in [0.1, 0.15) is 18.4 Å². The Morgan fingerprint density at radius 1 is 1.12 bits per heavy atom. The molecule has 2 unspecified atom stereocenters. The second kappa shape index (κ2) is 7.00. The van der Waals surface area contributed by atoms with Crippen LogP contribution in [0.4, 0.5) is 0 Å². The third-order valence-corrected chi connectivity index (χ3v) is 3.81. The molecule has 0 aromatic heterocycles. The van der Waals surface area contributed by atoms with E-state index in [0.29, 0.717) is 5.56 Å². The SMILES string of the molecule is O=C(/C=C/c1ccc(O)cc1)OC1C(O)CC(O)(C(=O)O)CC1O. The minimum Gasteiger partial charge on any atom is -0.508 e. The minimum atomic E-state index is -2.26. The fourth-order valence-corrected chi connectivity index (χ4v) is 2.52. The van der Waals surface area contributed by atoms with E-state index >= 15 is 0 Å². The van der Waals surface area contributed by atoms with E-state index < -0.39 is 48.7 Å². The van der Waals surface area contributed by atoms with Crippen molar-refractivity contribution in [2.75, 3.05) is 0 Å². The average molecular weight is 338 g/mol. The number of hydrogen-bond donors (Lipinski definition) is 5. The van der Waals surface area contributed by atoms with Crippen molar-refractivity contribution in [2.24, 2.45) is 0 Å². The number of carbonyl (C=O) groups is 2. The molecule has 0 amide bonds. The van der Waals surface area contributed by atoms with Crippen molar-refractivity contribution < 1.29 is 39.9 Å². The van der Waals surface area contributed by atoms with Crippen molar-refractivity contribution in [3.63, 3.8) is 0 Å². The van der Waals surface area contributed by atoms with Crippen LogP contribution in [-0.2, 0) is 14.3 Å². The fourth-order valence-electron chi connectivity index (χ4n) is 2.52. The maximum atomic E-state index is 11.8. The lowest BCUT2D eigenvalue weighted by atomic mass is 9.79. The average Bonchev–Trinajstić information content (AvgIpc) is 2.50. The maximum Gasteiger partial charge on any atom is 0.335 e. The Labute approximate surface area is 137 Å². The molecule has 2 atom stereocenters. The summed E-state index contributed by atoms with van der Waals surface area (Å²) < 4.78 is 4.96. The number of carboxylic acid groups (broad SMARTS) is 1. The highest BCUT2D eigenvalue weighted by Crippen LogP contribution is 2.31. The van der Waals surface area contributed by atoms with Crippen molar-refractivity contribution >= 4 is 18.0 Å². The van der Waals surface area contributed by atoms with Crippen LogP contribution in [0.5, 0.6) is 5.75 Å². The standard InChI is InChI=1S/C16H18O8/c17-10-4-1-9(2-5-10)3-6-13(20)24-14-11(18)7-16(23,15(21)22)8-12(14)19/h1-6,11-12,14,17-19,23H,7-8H2,(H,21,22)/b6-3+. The second-order valence-electron chi connectivity index (χ2n) is 5.71. The Kier molecular flexibility index (Phi) is 5.23. The number of aliphatic hydroxyl groups is 3. The molecule has 1 aromatic carbocycles. The highest BCUT2D eigenvalue weighted by atomic mass is 16.6. The number of aliphatic carboxylic acids is 1. The van der Waals surface area contributed by atoms with Crippen LogP contribution in [0, 0.1) is 0 Å². The Balaban J connectivity index is 1.98. The fraction of sp³-hybridized carbons (Fsp3) is 0.375. The van der Waals surface area contributed by atoms with Gasteiger partial charge in [0.25, 0.3) is 0 Å². The molecule has 0 heterocycles. The van der Waals surface area contributed by atoms with Crippen LogP contribution in [0.2, 0.25) is 0 Å². The number of phenolic OH excluding ortho intramolecular Hbond substituents is 1. The van der Waals surface area contributed by atoms with Crippen LogP contribution in [-0.4, -0.2) is 61.4 Å². The number of carbonyl (C=O) groups excluding carboxylic acids is 1. The summed E-state index contributed by atoms with van der Waals surface area (Å²) >= 11 is 0. The van der Waals surface area contributed by atoms with Gasteiger partial charge in [0.1, 0.15) is 5.75 Å². The van der Waals surface area contributed by atoms with Crippen LogP contribution in [0.3, 0.4) is 0 Å². The van der Waals surface area contributed by atoms with E-state index in [1.165, 1.54) is 18.2 Å². The van der Waals surface area contributed by atoms with Gasteiger partial charge in [-0.05, 0) is 23.8 Å². The molecule has 0 radical (unpaired) electrons. The summed E-state index contributed by atoms with van der Waals surface area (Å²) in [6, 6.07) is 6.01. The summed E-state index contributed by atoms with van der Waals surface area (Å²) in [4.78, 5) is 22.7. The highest BCUT2D eigenvalue weighted by Gasteiger charge is 2.50. The summed E-state index contributed by atoms with van der Waals surface area (Å²) in [6.07, 6.45) is -2.98. The van der Waals surface area contributed by atoms with Gasteiger partial charge >= 0.3 is 11.9 Å². The summed E-state index contributed by atoms with van der Waals surface area (Å²) in [7, 11) is 0. The number of carboxylic acids is 1. The Morgan fingerprint density at radius 2 is 1.67 bits per heavy atom. The molecule has 0 spiro atoms. The van der Waals surface area contributed by atoms with Crippen molar-refractivity contribution in [1.29, 1.82) is 0 Å². The number of hydrogen-bond acceptors (Lipinski definition) is 7. The van der Waals surface area contributed by atoms with Crippen molar-refractivity contribution in [2.45, 2.75) is 36.8 Å². The number of aliphatic hydroxyl groups excluding tert-OH is 2. The van der Waals surface area contributed by atoms with Gasteiger partial charge in [-0.25, -0.2) is 9.59 Å². The number of benzene rings is 1. The normalized spacial score (nSPS) is 30.2. The molecule has 1 aliphatic rings. The molecular weight excluding hydrogens is 320 g/mol. The van der Waals surface area contributed by atoms with E-state index in [2.05, 4.69) is 0 Å². The van der Waals surface area contributed by atoms with Gasteiger partial charge in [0, 0.05) is 18.9 Å². The summed E-state index contributed by atoms with van der Waals surface area (Å²) in [5.74, 6) is -2.32. The van der Waals surface area contributed by atoms with Gasteiger partial charge in [-0.2, -0.15) is 0 Å². The van der Waals surface area contributed by atoms with Crippen LogP contribution < -0.4 is 0 Å². The van der Waals surface area contributed by atoms with Gasteiger partial charge < -0.3 is 30.3 Å². The molecule has 0 saturated heterocycles. The Morgan fingerprint density at radius 3 is 2.17 bits per heavy atom. The molecule has 8 nitrogen and oxygen atoms in total. The van der Waals surface area contributed by atoms with Gasteiger partial charge in [0.2, 0.25) is 0 Å². The van der Waals surface area contributed by atoms with E-state index in [1.54, 1.807) is 12.1 Å². The van der Waals surface area contributed by atoms with Crippen molar-refractivity contribution in [3.8, 4) is 5.75 Å². The maximum absolute atomic E-state index is 11.8. The number of phenols is 1. The summed E-state index contributed by atoms with van der Waals surface area (Å²) in [5, 5.41) is 47.7. The molecule has 130 valence electrons. The van der Waals surface area contributed by atoms with Crippen molar-refractivity contribution in [1.82, 2.24) is 0 Å². The second-order valence-corrected chi connectivity index (χ2v) is 5.71. The smallest absolute Gasteiger partial charge is 0.335 e. The number of esters is 1. The molecule has 1 aliphatic carbocycles. The highest BCUT2D eigenvalue weighted by molar-refractivity contribution is 5.87.